The van der Waals surface area contributed by atoms with Crippen LogP contribution in [-0.4, -0.2) is 24.8 Å². The molecule has 0 aliphatic heterocycles. The van der Waals surface area contributed by atoms with Crippen LogP contribution in [0.25, 0.3) is 12.2 Å². The normalized spacial score (nSPS) is 10.0. The minimum atomic E-state index is -0.427. The highest BCUT2D eigenvalue weighted by atomic mass is 19.1. The first kappa shape index (κ1) is 24.2. The van der Waals surface area contributed by atoms with Crippen LogP contribution in [0, 0.1) is 11.6 Å². The second-order valence-corrected chi connectivity index (χ2v) is 4.54. The molecule has 27 heavy (non-hydrogen) atoms. The molecule has 0 fully saturated rings. The quantitative estimate of drug-likeness (QED) is 0.563. The van der Waals surface area contributed by atoms with E-state index in [1.807, 2.05) is 0 Å². The lowest BCUT2D eigenvalue weighted by atomic mass is 10.2. The lowest BCUT2D eigenvalue weighted by molar-refractivity contribution is -0.134. The summed E-state index contributed by atoms with van der Waals surface area (Å²) >= 11 is 0. The standard InChI is InChI=1S/C10H9FO2.C9H9FO.C2H6.CH4/c1-13-10(12)7-4-8-2-5-9(11)6-3-8;10-9-5-3-8(4-6-9)2-1-7-11;1-2;/h2-7H,1H3;1-6,11H,7H2;1-2H3;1H4/b7-4+;2-1+;;/i;;1D;. The van der Waals surface area contributed by atoms with Gasteiger partial charge in [0.15, 0.2) is 0 Å². The van der Waals surface area contributed by atoms with E-state index in [9.17, 15) is 13.6 Å². The van der Waals surface area contributed by atoms with E-state index in [4.69, 9.17) is 6.48 Å². The second kappa shape index (κ2) is 16.7. The third kappa shape index (κ3) is 13.1. The molecular formula is C22H28F2O3. The molecule has 2 aromatic rings. The van der Waals surface area contributed by atoms with Crippen LogP contribution in [-0.2, 0) is 9.53 Å². The highest BCUT2D eigenvalue weighted by molar-refractivity contribution is 5.86. The number of rotatable bonds is 4. The van der Waals surface area contributed by atoms with Gasteiger partial charge in [0.2, 0.25) is 0 Å². The molecule has 1 N–H and O–H groups in total. The van der Waals surface area contributed by atoms with E-state index in [1.165, 1.54) is 37.5 Å². The average molecular weight is 379 g/mol. The van der Waals surface area contributed by atoms with Gasteiger partial charge in [0.05, 0.1) is 13.7 Å². The molecule has 0 unspecified atom stereocenters. The number of aliphatic hydroxyl groups excluding tert-OH is 1. The van der Waals surface area contributed by atoms with Crippen molar-refractivity contribution < 1.29 is 24.8 Å². The Hall–Kier alpha value is -2.79. The summed E-state index contributed by atoms with van der Waals surface area (Å²) in [5.41, 5.74) is 1.65. The lowest BCUT2D eigenvalue weighted by Gasteiger charge is -1.92. The summed E-state index contributed by atoms with van der Waals surface area (Å²) in [5.74, 6) is -0.967. The Balaban J connectivity index is 0. The number of hydrogen-bond acceptors (Lipinski definition) is 3. The van der Waals surface area contributed by atoms with Crippen molar-refractivity contribution >= 4 is 18.1 Å². The average Bonchev–Trinajstić information content (AvgIpc) is 2.68. The van der Waals surface area contributed by atoms with Gasteiger partial charge >= 0.3 is 5.97 Å². The fraction of sp³-hybridized carbons (Fsp3) is 0.227. The number of esters is 1. The largest absolute Gasteiger partial charge is 0.466 e. The van der Waals surface area contributed by atoms with Crippen LogP contribution in [0.2, 0.25) is 0 Å². The van der Waals surface area contributed by atoms with Gasteiger partial charge in [-0.25, -0.2) is 13.6 Å². The summed E-state index contributed by atoms with van der Waals surface area (Å²) < 4.78 is 35.4. The van der Waals surface area contributed by atoms with E-state index in [2.05, 4.69) is 4.74 Å². The van der Waals surface area contributed by atoms with Gasteiger partial charge in [0, 0.05) is 7.45 Å². The van der Waals surface area contributed by atoms with Crippen LogP contribution < -0.4 is 0 Å². The molecule has 3 nitrogen and oxygen atoms in total. The van der Waals surface area contributed by atoms with E-state index in [1.54, 1.807) is 49.4 Å². The van der Waals surface area contributed by atoms with Crippen molar-refractivity contribution in [2.24, 2.45) is 0 Å². The third-order valence-corrected chi connectivity index (χ3v) is 2.77. The molecule has 0 spiro atoms. The molecule has 2 aromatic carbocycles. The Bertz CT molecular complexity index is 697. The third-order valence-electron chi connectivity index (χ3n) is 2.77. The molecule has 0 atom stereocenters. The predicted molar refractivity (Wildman–Crippen MR) is 108 cm³/mol. The van der Waals surface area contributed by atoms with Gasteiger partial charge in [-0.1, -0.05) is 57.7 Å². The minimum absolute atomic E-state index is 0. The molecule has 2 rings (SSSR count). The van der Waals surface area contributed by atoms with Crippen molar-refractivity contribution in [3.8, 4) is 0 Å². The van der Waals surface area contributed by atoms with Gasteiger partial charge in [0.25, 0.3) is 0 Å². The maximum Gasteiger partial charge on any atom is 0.330 e. The highest BCUT2D eigenvalue weighted by Crippen LogP contribution is 2.05. The van der Waals surface area contributed by atoms with Crippen molar-refractivity contribution in [2.75, 3.05) is 13.7 Å². The van der Waals surface area contributed by atoms with Gasteiger partial charge in [-0.2, -0.15) is 0 Å². The summed E-state index contributed by atoms with van der Waals surface area (Å²) in [7, 11) is 1.30. The van der Waals surface area contributed by atoms with Gasteiger partial charge in [-0.3, -0.25) is 0 Å². The molecule has 0 radical (unpaired) electrons. The molecule has 148 valence electrons. The van der Waals surface area contributed by atoms with Crippen molar-refractivity contribution in [2.45, 2.75) is 21.3 Å². The molecule has 0 heterocycles. The van der Waals surface area contributed by atoms with E-state index >= 15 is 0 Å². The van der Waals surface area contributed by atoms with E-state index in [0.717, 1.165) is 11.1 Å². The number of benzene rings is 2. The highest BCUT2D eigenvalue weighted by Gasteiger charge is 1.92. The van der Waals surface area contributed by atoms with E-state index in [-0.39, 0.29) is 25.7 Å². The Morgan fingerprint density at radius 3 is 1.81 bits per heavy atom. The van der Waals surface area contributed by atoms with Crippen molar-refractivity contribution in [1.82, 2.24) is 0 Å². The molecule has 0 saturated heterocycles. The Kier molecular flexibility index (Phi) is 14.9. The van der Waals surface area contributed by atoms with Crippen molar-refractivity contribution in [3.05, 3.63) is 83.4 Å². The molecule has 0 amide bonds. The van der Waals surface area contributed by atoms with Gasteiger partial charge < -0.3 is 9.84 Å². The van der Waals surface area contributed by atoms with Gasteiger partial charge in [0.1, 0.15) is 11.6 Å². The predicted octanol–water partition coefficient (Wildman–Crippen LogP) is 5.51. The molecular weight excluding hydrogens is 350 g/mol. The first-order chi connectivity index (χ1) is 13.0. The smallest absolute Gasteiger partial charge is 0.330 e. The molecule has 0 saturated carbocycles. The molecule has 0 aliphatic rings. The zero-order valence-electron chi connectivity index (χ0n) is 15.9. The summed E-state index contributed by atoms with van der Waals surface area (Å²) in [6.45, 7) is 2.30. The zero-order valence-corrected chi connectivity index (χ0v) is 14.9. The zero-order chi connectivity index (χ0) is 20.5. The van der Waals surface area contributed by atoms with Crippen LogP contribution >= 0.6 is 0 Å². The number of aliphatic hydroxyl groups is 1. The van der Waals surface area contributed by atoms with Gasteiger partial charge in [-0.15, -0.1) is 0 Å². The van der Waals surface area contributed by atoms with Crippen LogP contribution in [0.1, 0.15) is 33.7 Å². The number of hydrogen-bond donors (Lipinski definition) is 1. The topological polar surface area (TPSA) is 46.5 Å². The van der Waals surface area contributed by atoms with Gasteiger partial charge in [-0.05, 0) is 41.5 Å². The Morgan fingerprint density at radius 1 is 1.04 bits per heavy atom. The monoisotopic (exact) mass is 379 g/mol. The maximum absolute atomic E-state index is 12.4. The Labute approximate surface area is 162 Å². The molecule has 0 bridgehead atoms. The number of carbonyl (C=O) groups excluding carboxylic acids is 1. The first-order valence-electron chi connectivity index (χ1n) is 8.51. The summed E-state index contributed by atoms with van der Waals surface area (Å²) in [4.78, 5) is 10.7. The van der Waals surface area contributed by atoms with Crippen LogP contribution in [0.4, 0.5) is 8.78 Å². The number of ether oxygens (including phenoxy) is 1. The van der Waals surface area contributed by atoms with Crippen LogP contribution in [0.3, 0.4) is 0 Å². The van der Waals surface area contributed by atoms with E-state index < -0.39 is 5.97 Å². The summed E-state index contributed by atoms with van der Waals surface area (Å²) in [6, 6.07) is 11.9. The van der Waals surface area contributed by atoms with E-state index in [0.29, 0.717) is 6.90 Å². The van der Waals surface area contributed by atoms with Crippen LogP contribution in [0.5, 0.6) is 0 Å². The SMILES string of the molecule is C.COC(=O)/C=C/c1ccc(F)cc1.OC/C=C/c1ccc(F)cc1.[2H]CC. The number of methoxy groups -OCH3 is 1. The fourth-order valence-corrected chi connectivity index (χ4v) is 1.57. The molecule has 0 aliphatic carbocycles. The Morgan fingerprint density at radius 2 is 1.44 bits per heavy atom. The first-order valence-corrected chi connectivity index (χ1v) is 7.80. The number of halogens is 2. The van der Waals surface area contributed by atoms with Crippen LogP contribution in [0.15, 0.2) is 60.7 Å². The second-order valence-electron chi connectivity index (χ2n) is 4.54. The lowest BCUT2D eigenvalue weighted by Crippen LogP contribution is -1.93. The fourth-order valence-electron chi connectivity index (χ4n) is 1.57. The molecule has 0 aromatic heterocycles. The summed E-state index contributed by atoms with van der Waals surface area (Å²) in [6.07, 6.45) is 6.19. The van der Waals surface area contributed by atoms with Crippen molar-refractivity contribution in [1.29, 1.82) is 0 Å². The maximum atomic E-state index is 12.4. The summed E-state index contributed by atoms with van der Waals surface area (Å²) in [5, 5.41) is 8.42. The van der Waals surface area contributed by atoms with Crippen molar-refractivity contribution in [3.63, 3.8) is 0 Å². The minimum Gasteiger partial charge on any atom is -0.466 e. The molecule has 5 heteroatoms. The number of carbonyl (C=O) groups is 1.